The molecule has 6 nitrogen and oxygen atoms in total. The van der Waals surface area contributed by atoms with E-state index in [4.69, 9.17) is 9.47 Å². The summed E-state index contributed by atoms with van der Waals surface area (Å²) in [4.78, 5) is 24.9. The summed E-state index contributed by atoms with van der Waals surface area (Å²) in [5, 5.41) is 5.82. The fraction of sp³-hybridized carbons (Fsp3) is 0.364. The first-order valence-electron chi connectivity index (χ1n) is 9.39. The summed E-state index contributed by atoms with van der Waals surface area (Å²) in [5.74, 6) is 1.02. The van der Waals surface area contributed by atoms with Gasteiger partial charge in [0.25, 0.3) is 5.91 Å². The van der Waals surface area contributed by atoms with Crippen LogP contribution in [-0.2, 0) is 11.2 Å². The monoisotopic (exact) mass is 382 g/mol. The maximum Gasteiger partial charge on any atom is 0.251 e. The quantitative estimate of drug-likeness (QED) is 0.832. The van der Waals surface area contributed by atoms with Crippen LogP contribution in [0.1, 0.15) is 35.3 Å². The number of carbonyl (C=O) groups is 2. The van der Waals surface area contributed by atoms with Gasteiger partial charge in [0, 0.05) is 23.4 Å². The van der Waals surface area contributed by atoms with Crippen molar-refractivity contribution >= 4 is 17.5 Å². The Morgan fingerprint density at radius 1 is 1.18 bits per heavy atom. The molecule has 1 heterocycles. The van der Waals surface area contributed by atoms with Crippen LogP contribution in [0.2, 0.25) is 0 Å². The molecule has 0 saturated carbocycles. The Labute approximate surface area is 165 Å². The number of fused-ring (bicyclic) bond motifs is 1. The zero-order valence-corrected chi connectivity index (χ0v) is 16.7. The van der Waals surface area contributed by atoms with Crippen LogP contribution >= 0.6 is 0 Å². The summed E-state index contributed by atoms with van der Waals surface area (Å²) in [5.41, 5.74) is 3.08. The molecule has 0 radical (unpaired) electrons. The molecule has 0 bridgehead atoms. The average Bonchev–Trinajstić information content (AvgIpc) is 2.66. The molecule has 2 aromatic carbocycles. The molecular weight excluding hydrogens is 356 g/mol. The van der Waals surface area contributed by atoms with E-state index in [1.165, 1.54) is 0 Å². The standard InChI is InChI=1S/C22H26N2O4/c1-13(2)23-22(26)19-8-6-17(9-14(19)3)24-21(25)16-10-15-5-7-18(27-4)11-20(15)28-12-16/h5-9,11,13,16H,10,12H2,1-4H3,(H,23,26)(H,24,25). The van der Waals surface area contributed by atoms with Gasteiger partial charge in [-0.2, -0.15) is 0 Å². The Hall–Kier alpha value is -3.02. The number of methoxy groups -OCH3 is 1. The van der Waals surface area contributed by atoms with Gasteiger partial charge in [0.15, 0.2) is 0 Å². The van der Waals surface area contributed by atoms with E-state index >= 15 is 0 Å². The fourth-order valence-corrected chi connectivity index (χ4v) is 3.23. The summed E-state index contributed by atoms with van der Waals surface area (Å²) in [7, 11) is 1.61. The largest absolute Gasteiger partial charge is 0.497 e. The van der Waals surface area contributed by atoms with Gasteiger partial charge < -0.3 is 20.1 Å². The predicted molar refractivity (Wildman–Crippen MR) is 108 cm³/mol. The second kappa shape index (κ2) is 8.33. The predicted octanol–water partition coefficient (Wildman–Crippen LogP) is 3.33. The van der Waals surface area contributed by atoms with E-state index in [-0.39, 0.29) is 23.8 Å². The van der Waals surface area contributed by atoms with Crippen LogP contribution < -0.4 is 20.1 Å². The minimum atomic E-state index is -0.273. The van der Waals surface area contributed by atoms with E-state index in [1.54, 1.807) is 19.2 Å². The highest BCUT2D eigenvalue weighted by molar-refractivity contribution is 5.97. The number of aryl methyl sites for hydroxylation is 1. The molecule has 0 aromatic heterocycles. The first-order chi connectivity index (χ1) is 13.4. The SMILES string of the molecule is COc1ccc2c(c1)OCC(C(=O)Nc1ccc(C(=O)NC(C)C)c(C)c1)C2. The third-order valence-electron chi connectivity index (χ3n) is 4.71. The van der Waals surface area contributed by atoms with Crippen LogP contribution in [0, 0.1) is 12.8 Å². The molecule has 6 heteroatoms. The van der Waals surface area contributed by atoms with Crippen LogP contribution in [0.5, 0.6) is 11.5 Å². The Balaban J connectivity index is 1.66. The lowest BCUT2D eigenvalue weighted by atomic mass is 9.95. The average molecular weight is 382 g/mol. The number of ether oxygens (including phenoxy) is 2. The number of nitrogens with one attached hydrogen (secondary N) is 2. The van der Waals surface area contributed by atoms with E-state index in [0.29, 0.717) is 24.3 Å². The van der Waals surface area contributed by atoms with Crippen LogP contribution in [0.4, 0.5) is 5.69 Å². The molecule has 2 aromatic rings. The number of amides is 2. The Bertz CT molecular complexity index is 892. The van der Waals surface area contributed by atoms with Crippen molar-refractivity contribution in [3.05, 3.63) is 53.1 Å². The molecule has 2 N–H and O–H groups in total. The van der Waals surface area contributed by atoms with Crippen LogP contribution in [-0.4, -0.2) is 31.6 Å². The number of rotatable bonds is 5. The molecule has 2 amide bonds. The first-order valence-corrected chi connectivity index (χ1v) is 9.39. The summed E-state index contributed by atoms with van der Waals surface area (Å²) < 4.78 is 11.0. The van der Waals surface area contributed by atoms with Gasteiger partial charge in [-0.3, -0.25) is 9.59 Å². The molecule has 0 fully saturated rings. The summed E-state index contributed by atoms with van der Waals surface area (Å²) in [6.07, 6.45) is 0.610. The van der Waals surface area contributed by atoms with Crippen molar-refractivity contribution in [2.45, 2.75) is 33.2 Å². The van der Waals surface area contributed by atoms with Crippen molar-refractivity contribution < 1.29 is 19.1 Å². The Morgan fingerprint density at radius 3 is 2.64 bits per heavy atom. The number of carbonyl (C=O) groups excluding carboxylic acids is 2. The molecule has 0 aliphatic carbocycles. The normalized spacial score (nSPS) is 15.4. The minimum Gasteiger partial charge on any atom is -0.497 e. The second-order valence-corrected chi connectivity index (χ2v) is 7.33. The van der Waals surface area contributed by atoms with Gasteiger partial charge in [-0.25, -0.2) is 0 Å². The van der Waals surface area contributed by atoms with Crippen molar-refractivity contribution in [1.82, 2.24) is 5.32 Å². The Morgan fingerprint density at radius 2 is 1.96 bits per heavy atom. The van der Waals surface area contributed by atoms with Gasteiger partial charge in [-0.1, -0.05) is 6.07 Å². The fourth-order valence-electron chi connectivity index (χ4n) is 3.23. The van der Waals surface area contributed by atoms with Gasteiger partial charge in [0.2, 0.25) is 5.91 Å². The molecule has 3 rings (SSSR count). The van der Waals surface area contributed by atoms with Crippen LogP contribution in [0.3, 0.4) is 0 Å². The van der Waals surface area contributed by atoms with Gasteiger partial charge >= 0.3 is 0 Å². The van der Waals surface area contributed by atoms with Crippen molar-refractivity contribution in [2.24, 2.45) is 5.92 Å². The number of hydrogen-bond donors (Lipinski definition) is 2. The third kappa shape index (κ3) is 4.44. The van der Waals surface area contributed by atoms with E-state index in [9.17, 15) is 9.59 Å². The zero-order chi connectivity index (χ0) is 20.3. The highest BCUT2D eigenvalue weighted by atomic mass is 16.5. The van der Waals surface area contributed by atoms with Gasteiger partial charge in [0.05, 0.1) is 13.0 Å². The molecule has 28 heavy (non-hydrogen) atoms. The molecule has 1 aliphatic rings. The first kappa shape index (κ1) is 19.7. The van der Waals surface area contributed by atoms with E-state index in [2.05, 4.69) is 10.6 Å². The summed E-state index contributed by atoms with van der Waals surface area (Å²) in [6, 6.07) is 11.0. The lowest BCUT2D eigenvalue weighted by Crippen LogP contribution is -2.33. The van der Waals surface area contributed by atoms with Crippen molar-refractivity contribution in [3.63, 3.8) is 0 Å². The van der Waals surface area contributed by atoms with Crippen molar-refractivity contribution in [2.75, 3.05) is 19.0 Å². The van der Waals surface area contributed by atoms with Crippen molar-refractivity contribution in [1.29, 1.82) is 0 Å². The summed E-state index contributed by atoms with van der Waals surface area (Å²) >= 11 is 0. The lowest BCUT2D eigenvalue weighted by Gasteiger charge is -2.25. The molecule has 1 atom stereocenters. The minimum absolute atomic E-state index is 0.0698. The van der Waals surface area contributed by atoms with E-state index < -0.39 is 0 Å². The topological polar surface area (TPSA) is 76.7 Å². The molecule has 0 saturated heterocycles. The molecule has 1 unspecified atom stereocenters. The summed E-state index contributed by atoms with van der Waals surface area (Å²) in [6.45, 7) is 6.02. The number of hydrogen-bond acceptors (Lipinski definition) is 4. The highest BCUT2D eigenvalue weighted by Crippen LogP contribution is 2.31. The lowest BCUT2D eigenvalue weighted by molar-refractivity contribution is -0.121. The molecule has 0 spiro atoms. The van der Waals surface area contributed by atoms with Gasteiger partial charge in [-0.15, -0.1) is 0 Å². The maximum atomic E-state index is 12.7. The van der Waals surface area contributed by atoms with Crippen LogP contribution in [0.25, 0.3) is 0 Å². The van der Waals surface area contributed by atoms with Crippen LogP contribution in [0.15, 0.2) is 36.4 Å². The molecule has 1 aliphatic heterocycles. The Kier molecular flexibility index (Phi) is 5.87. The maximum absolute atomic E-state index is 12.7. The number of benzene rings is 2. The van der Waals surface area contributed by atoms with Gasteiger partial charge in [-0.05, 0) is 62.6 Å². The molecule has 148 valence electrons. The van der Waals surface area contributed by atoms with Crippen molar-refractivity contribution in [3.8, 4) is 11.5 Å². The second-order valence-electron chi connectivity index (χ2n) is 7.33. The number of anilines is 1. The highest BCUT2D eigenvalue weighted by Gasteiger charge is 2.26. The van der Waals surface area contributed by atoms with E-state index in [0.717, 1.165) is 22.6 Å². The molecular formula is C22H26N2O4. The van der Waals surface area contributed by atoms with E-state index in [1.807, 2.05) is 45.0 Å². The van der Waals surface area contributed by atoms with Gasteiger partial charge in [0.1, 0.15) is 18.1 Å². The smallest absolute Gasteiger partial charge is 0.251 e. The third-order valence-corrected chi connectivity index (χ3v) is 4.71. The zero-order valence-electron chi connectivity index (χ0n) is 16.7.